The highest BCUT2D eigenvalue weighted by Crippen LogP contribution is 2.36. The smallest absolute Gasteiger partial charge is 0.332 e. The summed E-state index contributed by atoms with van der Waals surface area (Å²) in [4.78, 5) is 43.9. The lowest BCUT2D eigenvalue weighted by atomic mass is 9.78. The first-order chi connectivity index (χ1) is 12.4. The molecule has 140 valence electrons. The molecule has 26 heavy (non-hydrogen) atoms. The van der Waals surface area contributed by atoms with Crippen LogP contribution >= 0.6 is 0 Å². The lowest BCUT2D eigenvalue weighted by Crippen LogP contribution is -2.48. The Balaban J connectivity index is 1.58. The second kappa shape index (κ2) is 6.08. The summed E-state index contributed by atoms with van der Waals surface area (Å²) in [5.41, 5.74) is -0.000459. The summed E-state index contributed by atoms with van der Waals surface area (Å²) in [5, 5.41) is 3.41. The monoisotopic (exact) mass is 360 g/mol. The van der Waals surface area contributed by atoms with Crippen LogP contribution in [0, 0.1) is 5.41 Å². The first-order valence-electron chi connectivity index (χ1n) is 9.01. The molecule has 0 bridgehead atoms. The quantitative estimate of drug-likeness (QED) is 0.744. The van der Waals surface area contributed by atoms with E-state index in [9.17, 15) is 14.4 Å². The lowest BCUT2D eigenvalue weighted by molar-refractivity contribution is -0.134. The number of likely N-dealkylation sites (tertiary alicyclic amines) is 1. The minimum atomic E-state index is -0.511. The molecule has 2 aliphatic rings. The number of carbonyl (C=O) groups excluding carboxylic acids is 1. The first kappa shape index (κ1) is 17.0. The molecule has 4 heterocycles. The average Bonchev–Trinajstić information content (AvgIpc) is 3.24. The predicted molar refractivity (Wildman–Crippen MR) is 95.9 cm³/mol. The highest BCUT2D eigenvalue weighted by Gasteiger charge is 2.38. The number of aromatic nitrogens is 4. The summed E-state index contributed by atoms with van der Waals surface area (Å²) >= 11 is 0. The molecular weight excluding hydrogens is 336 g/mol. The van der Waals surface area contributed by atoms with E-state index in [0.29, 0.717) is 29.7 Å². The Morgan fingerprint density at radius 3 is 2.62 bits per heavy atom. The molecule has 0 radical (unpaired) electrons. The fourth-order valence-corrected chi connectivity index (χ4v) is 4.22. The fourth-order valence-electron chi connectivity index (χ4n) is 4.22. The molecule has 1 spiro atoms. The van der Waals surface area contributed by atoms with E-state index in [2.05, 4.69) is 10.3 Å². The van der Waals surface area contributed by atoms with E-state index >= 15 is 0 Å². The summed E-state index contributed by atoms with van der Waals surface area (Å²) in [6, 6.07) is 0. The second-order valence-electron chi connectivity index (χ2n) is 7.57. The number of rotatable bonds is 2. The maximum atomic E-state index is 12.7. The summed E-state index contributed by atoms with van der Waals surface area (Å²) in [7, 11) is 3.27. The Morgan fingerprint density at radius 1 is 1.23 bits per heavy atom. The lowest BCUT2D eigenvalue weighted by Gasteiger charge is -2.38. The molecule has 9 heteroatoms. The van der Waals surface area contributed by atoms with Crippen LogP contribution in [0.4, 0.5) is 0 Å². The highest BCUT2D eigenvalue weighted by atomic mass is 16.2. The summed E-state index contributed by atoms with van der Waals surface area (Å²) in [6.45, 7) is 3.21. The summed E-state index contributed by atoms with van der Waals surface area (Å²) in [5.74, 6) is -0.175. The SMILES string of the molecule is Cn1cnc2c1c(=O)n(CC(=O)N1CCC3(CCNC3)CC1)c(=O)n2C. The van der Waals surface area contributed by atoms with Crippen molar-refractivity contribution in [2.75, 3.05) is 26.2 Å². The van der Waals surface area contributed by atoms with Crippen molar-refractivity contribution in [2.45, 2.75) is 25.8 Å². The van der Waals surface area contributed by atoms with E-state index in [4.69, 9.17) is 0 Å². The zero-order valence-corrected chi connectivity index (χ0v) is 15.2. The Labute approximate surface area is 150 Å². The number of carbonyl (C=O) groups is 1. The molecule has 0 saturated carbocycles. The molecule has 0 unspecified atom stereocenters. The number of imidazole rings is 1. The zero-order chi connectivity index (χ0) is 18.5. The number of hydrogen-bond donors (Lipinski definition) is 1. The molecule has 2 saturated heterocycles. The molecule has 2 aliphatic heterocycles. The van der Waals surface area contributed by atoms with E-state index in [1.807, 2.05) is 0 Å². The van der Waals surface area contributed by atoms with Crippen LogP contribution in [-0.4, -0.2) is 55.7 Å². The van der Waals surface area contributed by atoms with Gasteiger partial charge in [-0.3, -0.25) is 14.2 Å². The molecule has 1 N–H and O–H groups in total. The van der Waals surface area contributed by atoms with Crippen molar-refractivity contribution in [3.05, 3.63) is 27.2 Å². The van der Waals surface area contributed by atoms with Gasteiger partial charge in [0, 0.05) is 33.7 Å². The summed E-state index contributed by atoms with van der Waals surface area (Å²) in [6.07, 6.45) is 4.60. The van der Waals surface area contributed by atoms with Gasteiger partial charge in [-0.2, -0.15) is 0 Å². The van der Waals surface area contributed by atoms with Gasteiger partial charge in [0.2, 0.25) is 5.91 Å². The molecular formula is C17H24N6O3. The van der Waals surface area contributed by atoms with Gasteiger partial charge in [0.15, 0.2) is 11.2 Å². The van der Waals surface area contributed by atoms with Crippen molar-refractivity contribution in [3.63, 3.8) is 0 Å². The fraction of sp³-hybridized carbons (Fsp3) is 0.647. The third kappa shape index (κ3) is 2.57. The van der Waals surface area contributed by atoms with Crippen LogP contribution in [0.5, 0.6) is 0 Å². The van der Waals surface area contributed by atoms with E-state index in [0.717, 1.165) is 36.9 Å². The largest absolute Gasteiger partial charge is 0.341 e. The average molecular weight is 360 g/mol. The van der Waals surface area contributed by atoms with E-state index in [1.165, 1.54) is 10.9 Å². The third-order valence-electron chi connectivity index (χ3n) is 6.00. The van der Waals surface area contributed by atoms with Gasteiger partial charge in [-0.1, -0.05) is 0 Å². The van der Waals surface area contributed by atoms with Crippen LogP contribution in [0.2, 0.25) is 0 Å². The van der Waals surface area contributed by atoms with Crippen molar-refractivity contribution in [3.8, 4) is 0 Å². The number of amides is 1. The highest BCUT2D eigenvalue weighted by molar-refractivity contribution is 5.77. The van der Waals surface area contributed by atoms with E-state index < -0.39 is 11.2 Å². The molecule has 2 aromatic rings. The van der Waals surface area contributed by atoms with Crippen LogP contribution in [0.1, 0.15) is 19.3 Å². The van der Waals surface area contributed by atoms with E-state index in [-0.39, 0.29) is 12.5 Å². The topological polar surface area (TPSA) is 94.2 Å². The molecule has 0 atom stereocenters. The van der Waals surface area contributed by atoms with Crippen molar-refractivity contribution in [2.24, 2.45) is 19.5 Å². The zero-order valence-electron chi connectivity index (χ0n) is 15.2. The van der Waals surface area contributed by atoms with Gasteiger partial charge in [0.1, 0.15) is 6.54 Å². The normalized spacial score (nSPS) is 19.5. The predicted octanol–water partition coefficient (Wildman–Crippen LogP) is -0.964. The van der Waals surface area contributed by atoms with Crippen molar-refractivity contribution in [1.82, 2.24) is 28.9 Å². The minimum absolute atomic E-state index is 0.175. The number of nitrogens with zero attached hydrogens (tertiary/aromatic N) is 5. The molecule has 2 fully saturated rings. The van der Waals surface area contributed by atoms with Crippen LogP contribution in [-0.2, 0) is 25.4 Å². The molecule has 0 aliphatic carbocycles. The van der Waals surface area contributed by atoms with Crippen LogP contribution in [0.25, 0.3) is 11.2 Å². The van der Waals surface area contributed by atoms with Gasteiger partial charge in [-0.25, -0.2) is 14.3 Å². The van der Waals surface area contributed by atoms with E-state index in [1.54, 1.807) is 23.6 Å². The number of aryl methyl sites for hydroxylation is 2. The maximum absolute atomic E-state index is 12.7. The summed E-state index contributed by atoms with van der Waals surface area (Å²) < 4.78 is 3.92. The number of nitrogens with one attached hydrogen (secondary N) is 1. The standard InChI is InChI=1S/C17H24N6O3/c1-20-11-19-14-13(20)15(25)23(16(26)21(14)2)9-12(24)22-7-4-17(5-8-22)3-6-18-10-17/h11,18H,3-10H2,1-2H3. The first-order valence-corrected chi connectivity index (χ1v) is 9.01. The van der Waals surface area contributed by atoms with Crippen molar-refractivity contribution < 1.29 is 4.79 Å². The number of piperidine rings is 1. The molecule has 2 aromatic heterocycles. The van der Waals surface area contributed by atoms with Crippen LogP contribution in [0.15, 0.2) is 15.9 Å². The maximum Gasteiger partial charge on any atom is 0.332 e. The Morgan fingerprint density at radius 2 is 1.96 bits per heavy atom. The van der Waals surface area contributed by atoms with Crippen LogP contribution in [0.3, 0.4) is 0 Å². The van der Waals surface area contributed by atoms with Gasteiger partial charge in [-0.05, 0) is 31.2 Å². The molecule has 1 amide bonds. The third-order valence-corrected chi connectivity index (χ3v) is 6.00. The van der Waals surface area contributed by atoms with Gasteiger partial charge < -0.3 is 14.8 Å². The van der Waals surface area contributed by atoms with Gasteiger partial charge in [0.05, 0.1) is 6.33 Å². The van der Waals surface area contributed by atoms with Crippen molar-refractivity contribution >= 4 is 17.1 Å². The Kier molecular flexibility index (Phi) is 3.98. The minimum Gasteiger partial charge on any atom is -0.341 e. The van der Waals surface area contributed by atoms with Gasteiger partial charge in [-0.15, -0.1) is 0 Å². The van der Waals surface area contributed by atoms with Gasteiger partial charge in [0.25, 0.3) is 5.56 Å². The Bertz CT molecular complexity index is 969. The van der Waals surface area contributed by atoms with Crippen molar-refractivity contribution in [1.29, 1.82) is 0 Å². The molecule has 4 rings (SSSR count). The number of fused-ring (bicyclic) bond motifs is 1. The van der Waals surface area contributed by atoms with Crippen LogP contribution < -0.4 is 16.6 Å². The second-order valence-corrected chi connectivity index (χ2v) is 7.57. The molecule has 9 nitrogen and oxygen atoms in total. The molecule has 0 aromatic carbocycles. The number of hydrogen-bond acceptors (Lipinski definition) is 5. The van der Waals surface area contributed by atoms with Gasteiger partial charge >= 0.3 is 5.69 Å². The Hall–Kier alpha value is -2.42.